The Morgan fingerprint density at radius 3 is 2.41 bits per heavy atom. The van der Waals surface area contributed by atoms with Crippen LogP contribution in [0.3, 0.4) is 0 Å². The second kappa shape index (κ2) is 7.14. The van der Waals surface area contributed by atoms with E-state index in [9.17, 15) is 14.0 Å². The lowest BCUT2D eigenvalue weighted by atomic mass is 9.94. The summed E-state index contributed by atoms with van der Waals surface area (Å²) in [7, 11) is 0. The van der Waals surface area contributed by atoms with E-state index in [2.05, 4.69) is 5.32 Å². The van der Waals surface area contributed by atoms with Crippen molar-refractivity contribution in [3.05, 3.63) is 65.5 Å². The number of amides is 2. The molecule has 0 spiro atoms. The maximum absolute atomic E-state index is 14.2. The van der Waals surface area contributed by atoms with Crippen LogP contribution in [-0.4, -0.2) is 29.8 Å². The molecular weight excluding hydrogens is 343 g/mol. The number of rotatable bonds is 4. The number of nitrogens with one attached hydrogen (secondary N) is 1. The topological polar surface area (TPSA) is 49.4 Å². The van der Waals surface area contributed by atoms with Crippen LogP contribution < -0.4 is 5.32 Å². The van der Waals surface area contributed by atoms with Gasteiger partial charge in [-0.3, -0.25) is 9.59 Å². The standard InChI is InChI=1S/C22H23FN2O2/c23-19-10-3-2-9-18(19)22(11-12-22)21(27)24-17-8-6-7-16(15-17)20(26)25-13-4-1-5-14-25/h2-3,6-10,15H,1,4-5,11-14H2,(H,24,27). The summed E-state index contributed by atoms with van der Waals surface area (Å²) in [6.07, 6.45) is 4.50. The van der Waals surface area contributed by atoms with E-state index in [0.29, 0.717) is 29.7 Å². The Morgan fingerprint density at radius 1 is 0.963 bits per heavy atom. The molecule has 2 aromatic carbocycles. The first-order valence-electron chi connectivity index (χ1n) is 9.56. The molecular formula is C22H23FN2O2. The van der Waals surface area contributed by atoms with Crippen molar-refractivity contribution in [1.29, 1.82) is 0 Å². The molecule has 27 heavy (non-hydrogen) atoms. The molecule has 1 heterocycles. The van der Waals surface area contributed by atoms with Crippen LogP contribution in [0.15, 0.2) is 48.5 Å². The summed E-state index contributed by atoms with van der Waals surface area (Å²) < 4.78 is 14.2. The van der Waals surface area contributed by atoms with E-state index in [-0.39, 0.29) is 17.6 Å². The summed E-state index contributed by atoms with van der Waals surface area (Å²) >= 11 is 0. The van der Waals surface area contributed by atoms with Crippen molar-refractivity contribution in [2.75, 3.05) is 18.4 Å². The van der Waals surface area contributed by atoms with E-state index in [1.807, 2.05) is 4.90 Å². The molecule has 5 heteroatoms. The van der Waals surface area contributed by atoms with Gasteiger partial charge in [-0.15, -0.1) is 0 Å². The number of likely N-dealkylation sites (tertiary alicyclic amines) is 1. The number of hydrogen-bond acceptors (Lipinski definition) is 2. The Morgan fingerprint density at radius 2 is 1.70 bits per heavy atom. The van der Waals surface area contributed by atoms with Gasteiger partial charge >= 0.3 is 0 Å². The SMILES string of the molecule is O=C(c1cccc(NC(=O)C2(c3ccccc3F)CC2)c1)N1CCCCC1. The zero-order chi connectivity index (χ0) is 18.9. The lowest BCUT2D eigenvalue weighted by Crippen LogP contribution is -2.35. The number of halogens is 1. The highest BCUT2D eigenvalue weighted by molar-refractivity contribution is 6.02. The van der Waals surface area contributed by atoms with Gasteiger partial charge < -0.3 is 10.2 Å². The summed E-state index contributed by atoms with van der Waals surface area (Å²) in [6, 6.07) is 13.5. The highest BCUT2D eigenvalue weighted by atomic mass is 19.1. The minimum atomic E-state index is -0.793. The van der Waals surface area contributed by atoms with E-state index in [1.54, 1.807) is 42.5 Å². The summed E-state index contributed by atoms with van der Waals surface area (Å²) in [5.74, 6) is -0.560. The number of carbonyl (C=O) groups is 2. The first kappa shape index (κ1) is 17.7. The Balaban J connectivity index is 1.51. The maximum atomic E-state index is 14.2. The lowest BCUT2D eigenvalue weighted by Gasteiger charge is -2.27. The zero-order valence-corrected chi connectivity index (χ0v) is 15.2. The van der Waals surface area contributed by atoms with Crippen molar-refractivity contribution < 1.29 is 14.0 Å². The number of anilines is 1. The normalized spacial score (nSPS) is 18.0. The predicted molar refractivity (Wildman–Crippen MR) is 102 cm³/mol. The molecule has 1 aliphatic carbocycles. The first-order chi connectivity index (χ1) is 13.1. The smallest absolute Gasteiger partial charge is 0.253 e. The third kappa shape index (κ3) is 3.46. The van der Waals surface area contributed by atoms with Gasteiger partial charge in [0.15, 0.2) is 0 Å². The molecule has 1 saturated heterocycles. The highest BCUT2D eigenvalue weighted by Gasteiger charge is 2.52. The largest absolute Gasteiger partial charge is 0.339 e. The number of benzene rings is 2. The number of carbonyl (C=O) groups excluding carboxylic acids is 2. The minimum absolute atomic E-state index is 0.000961. The van der Waals surface area contributed by atoms with Crippen molar-refractivity contribution in [1.82, 2.24) is 4.90 Å². The molecule has 4 nitrogen and oxygen atoms in total. The molecule has 0 bridgehead atoms. The number of piperidine rings is 1. The molecule has 0 radical (unpaired) electrons. The molecule has 1 aliphatic heterocycles. The van der Waals surface area contributed by atoms with Gasteiger partial charge in [-0.25, -0.2) is 4.39 Å². The minimum Gasteiger partial charge on any atom is -0.339 e. The fourth-order valence-corrected chi connectivity index (χ4v) is 3.85. The van der Waals surface area contributed by atoms with Gasteiger partial charge in [0.05, 0.1) is 5.41 Å². The van der Waals surface area contributed by atoms with Gasteiger partial charge in [-0.1, -0.05) is 24.3 Å². The van der Waals surface area contributed by atoms with E-state index in [1.165, 1.54) is 6.07 Å². The number of nitrogens with zero attached hydrogens (tertiary/aromatic N) is 1. The monoisotopic (exact) mass is 366 g/mol. The van der Waals surface area contributed by atoms with Crippen LogP contribution in [0.4, 0.5) is 10.1 Å². The fraction of sp³-hybridized carbons (Fsp3) is 0.364. The van der Waals surface area contributed by atoms with Crippen LogP contribution >= 0.6 is 0 Å². The summed E-state index contributed by atoms with van der Waals surface area (Å²) in [5.41, 5.74) is 0.803. The third-order valence-corrected chi connectivity index (χ3v) is 5.58. The Kier molecular flexibility index (Phi) is 4.68. The van der Waals surface area contributed by atoms with E-state index < -0.39 is 5.41 Å². The first-order valence-corrected chi connectivity index (χ1v) is 9.56. The van der Waals surface area contributed by atoms with E-state index in [4.69, 9.17) is 0 Å². The van der Waals surface area contributed by atoms with Crippen molar-refractivity contribution in [3.63, 3.8) is 0 Å². The predicted octanol–water partition coefficient (Wildman–Crippen LogP) is 4.12. The molecule has 1 saturated carbocycles. The van der Waals surface area contributed by atoms with Crippen LogP contribution in [0.1, 0.15) is 48.0 Å². The Hall–Kier alpha value is -2.69. The Labute approximate surface area is 158 Å². The van der Waals surface area contributed by atoms with Crippen molar-refractivity contribution in [2.45, 2.75) is 37.5 Å². The summed E-state index contributed by atoms with van der Waals surface area (Å²) in [5, 5.41) is 2.89. The molecule has 140 valence electrons. The van der Waals surface area contributed by atoms with E-state index in [0.717, 1.165) is 32.4 Å². The van der Waals surface area contributed by atoms with Crippen LogP contribution in [0, 0.1) is 5.82 Å². The fourth-order valence-electron chi connectivity index (χ4n) is 3.85. The second-order valence-electron chi connectivity index (χ2n) is 7.45. The zero-order valence-electron chi connectivity index (χ0n) is 15.2. The molecule has 4 rings (SSSR count). The Bertz CT molecular complexity index is 870. The molecule has 0 atom stereocenters. The maximum Gasteiger partial charge on any atom is 0.253 e. The van der Waals surface area contributed by atoms with E-state index >= 15 is 0 Å². The molecule has 0 aromatic heterocycles. The molecule has 2 amide bonds. The molecule has 2 aliphatic rings. The summed E-state index contributed by atoms with van der Waals surface area (Å²) in [6.45, 7) is 1.57. The number of hydrogen-bond donors (Lipinski definition) is 1. The van der Waals surface area contributed by atoms with Gasteiger partial charge in [0.2, 0.25) is 5.91 Å². The average Bonchev–Trinajstić information content (AvgIpc) is 3.50. The molecule has 0 unspecified atom stereocenters. The quantitative estimate of drug-likeness (QED) is 0.885. The van der Waals surface area contributed by atoms with Gasteiger partial charge in [-0.2, -0.15) is 0 Å². The van der Waals surface area contributed by atoms with Crippen LogP contribution in [-0.2, 0) is 10.2 Å². The van der Waals surface area contributed by atoms with Crippen LogP contribution in [0.2, 0.25) is 0 Å². The molecule has 2 fully saturated rings. The van der Waals surface area contributed by atoms with Gasteiger partial charge in [0, 0.05) is 29.9 Å². The second-order valence-corrected chi connectivity index (χ2v) is 7.45. The average molecular weight is 366 g/mol. The van der Waals surface area contributed by atoms with Crippen LogP contribution in [0.5, 0.6) is 0 Å². The van der Waals surface area contributed by atoms with Gasteiger partial charge in [-0.05, 0) is 56.4 Å². The van der Waals surface area contributed by atoms with Crippen molar-refractivity contribution >= 4 is 17.5 Å². The molecule has 2 aromatic rings. The third-order valence-electron chi connectivity index (χ3n) is 5.58. The van der Waals surface area contributed by atoms with Gasteiger partial charge in [0.1, 0.15) is 5.82 Å². The summed E-state index contributed by atoms with van der Waals surface area (Å²) in [4.78, 5) is 27.4. The van der Waals surface area contributed by atoms with Crippen molar-refractivity contribution in [3.8, 4) is 0 Å². The molecule has 1 N–H and O–H groups in total. The lowest BCUT2D eigenvalue weighted by molar-refractivity contribution is -0.118. The van der Waals surface area contributed by atoms with Crippen molar-refractivity contribution in [2.24, 2.45) is 0 Å². The van der Waals surface area contributed by atoms with Crippen LogP contribution in [0.25, 0.3) is 0 Å². The van der Waals surface area contributed by atoms with Gasteiger partial charge in [0.25, 0.3) is 5.91 Å². The highest BCUT2D eigenvalue weighted by Crippen LogP contribution is 2.49.